The number of carbonyl (C=O) groups excluding carboxylic acids is 2. The zero-order chi connectivity index (χ0) is 34.8. The molecule has 0 aliphatic heterocycles. The van der Waals surface area contributed by atoms with Gasteiger partial charge in [0.05, 0.1) is 19.9 Å². The number of esters is 1. The lowest BCUT2D eigenvalue weighted by atomic mass is 9.86. The van der Waals surface area contributed by atoms with Crippen LogP contribution in [0.3, 0.4) is 0 Å². The Hall–Kier alpha value is -5.91. The first-order chi connectivity index (χ1) is 23.6. The van der Waals surface area contributed by atoms with Crippen molar-refractivity contribution in [1.29, 1.82) is 0 Å². The maximum Gasteiger partial charge on any atom is 0.490 e. The van der Waals surface area contributed by atoms with Crippen molar-refractivity contribution in [2.75, 3.05) is 13.7 Å². The lowest BCUT2D eigenvalue weighted by molar-refractivity contribution is -0.206. The zero-order valence-corrected chi connectivity index (χ0v) is 26.3. The molecule has 5 aromatic rings. The minimum Gasteiger partial charge on any atom is -0.497 e. The van der Waals surface area contributed by atoms with Crippen molar-refractivity contribution in [3.63, 3.8) is 0 Å². The van der Waals surface area contributed by atoms with Gasteiger partial charge in [0.2, 0.25) is 0 Å². The number of hydrogen-bond donors (Lipinski definition) is 1. The van der Waals surface area contributed by atoms with E-state index in [-0.39, 0.29) is 18.9 Å². The molecular formula is C37H32F3N3O6. The molecule has 0 aliphatic carbocycles. The number of aromatic amines is 1. The van der Waals surface area contributed by atoms with Crippen LogP contribution in [0, 0.1) is 0 Å². The summed E-state index contributed by atoms with van der Waals surface area (Å²) in [6.45, 7) is -0.699. The fraction of sp³-hybridized carbons (Fsp3) is 0.189. The van der Waals surface area contributed by atoms with Crippen molar-refractivity contribution >= 4 is 11.9 Å². The molecule has 252 valence electrons. The first-order valence-electron chi connectivity index (χ1n) is 15.2. The number of nitrogens with zero attached hydrogens (tertiary/aromatic N) is 2. The Morgan fingerprint density at radius 1 is 0.816 bits per heavy atom. The topological polar surface area (TPSA) is 111 Å². The molecule has 12 heteroatoms. The molecular weight excluding hydrogens is 639 g/mol. The van der Waals surface area contributed by atoms with E-state index in [1.165, 1.54) is 13.3 Å². The Morgan fingerprint density at radius 3 is 1.94 bits per heavy atom. The van der Waals surface area contributed by atoms with Gasteiger partial charge in [0.1, 0.15) is 18.5 Å². The smallest absolute Gasteiger partial charge is 0.490 e. The van der Waals surface area contributed by atoms with Crippen molar-refractivity contribution in [1.82, 2.24) is 15.1 Å². The van der Waals surface area contributed by atoms with Gasteiger partial charge in [-0.05, 0) is 34.4 Å². The molecule has 0 spiro atoms. The molecule has 0 fully saturated rings. The third-order valence-corrected chi connectivity index (χ3v) is 7.65. The third kappa shape index (κ3) is 8.92. The SMILES string of the molecule is COc1ccc(CN(C[C@H](OC(=O)C(F)(F)F)C(c2ccccc2)c2ccccc2)C(=O)c2n[nH]cc(OCc3ccccc3)c2=O)cc1. The van der Waals surface area contributed by atoms with Gasteiger partial charge < -0.3 is 19.1 Å². The van der Waals surface area contributed by atoms with Gasteiger partial charge in [-0.3, -0.25) is 14.7 Å². The monoisotopic (exact) mass is 671 g/mol. The summed E-state index contributed by atoms with van der Waals surface area (Å²) in [6, 6.07) is 32.8. The van der Waals surface area contributed by atoms with E-state index in [9.17, 15) is 27.6 Å². The van der Waals surface area contributed by atoms with Crippen LogP contribution in [-0.2, 0) is 22.7 Å². The Kier molecular flexibility index (Phi) is 11.1. The molecule has 0 saturated carbocycles. The second kappa shape index (κ2) is 15.8. The van der Waals surface area contributed by atoms with Crippen LogP contribution in [0.15, 0.2) is 126 Å². The van der Waals surface area contributed by atoms with Crippen LogP contribution in [0.1, 0.15) is 38.7 Å². The lowest BCUT2D eigenvalue weighted by Crippen LogP contribution is -2.45. The number of H-pyrrole nitrogens is 1. The van der Waals surface area contributed by atoms with E-state index in [1.54, 1.807) is 97.1 Å². The van der Waals surface area contributed by atoms with Gasteiger partial charge in [-0.15, -0.1) is 0 Å². The van der Waals surface area contributed by atoms with Crippen LogP contribution in [-0.4, -0.2) is 52.9 Å². The molecule has 1 amide bonds. The predicted molar refractivity (Wildman–Crippen MR) is 174 cm³/mol. The predicted octanol–water partition coefficient (Wildman–Crippen LogP) is 6.31. The number of benzene rings is 4. The fourth-order valence-corrected chi connectivity index (χ4v) is 5.27. The van der Waals surface area contributed by atoms with Crippen LogP contribution in [0.4, 0.5) is 13.2 Å². The second-order valence-electron chi connectivity index (χ2n) is 11.0. The largest absolute Gasteiger partial charge is 0.497 e. The fourth-order valence-electron chi connectivity index (χ4n) is 5.27. The number of halogens is 3. The average Bonchev–Trinajstić information content (AvgIpc) is 3.12. The highest BCUT2D eigenvalue weighted by atomic mass is 19.4. The van der Waals surface area contributed by atoms with E-state index < -0.39 is 47.7 Å². The van der Waals surface area contributed by atoms with Crippen LogP contribution < -0.4 is 14.9 Å². The van der Waals surface area contributed by atoms with Gasteiger partial charge in [-0.2, -0.15) is 18.3 Å². The summed E-state index contributed by atoms with van der Waals surface area (Å²) in [7, 11) is 1.49. The molecule has 1 aromatic heterocycles. The van der Waals surface area contributed by atoms with E-state index in [0.717, 1.165) is 10.5 Å². The van der Waals surface area contributed by atoms with Gasteiger partial charge in [0, 0.05) is 12.5 Å². The van der Waals surface area contributed by atoms with Crippen molar-refractivity contribution in [3.05, 3.63) is 160 Å². The Morgan fingerprint density at radius 2 is 1.39 bits per heavy atom. The first kappa shape index (κ1) is 34.4. The van der Waals surface area contributed by atoms with Gasteiger partial charge in [-0.1, -0.05) is 103 Å². The van der Waals surface area contributed by atoms with Gasteiger partial charge in [0.15, 0.2) is 11.4 Å². The Balaban J connectivity index is 1.56. The average molecular weight is 672 g/mol. The number of hydrogen-bond acceptors (Lipinski definition) is 7. The normalized spacial score (nSPS) is 11.9. The molecule has 4 aromatic carbocycles. The maximum atomic E-state index is 14.2. The highest BCUT2D eigenvalue weighted by Crippen LogP contribution is 2.33. The number of rotatable bonds is 13. The van der Waals surface area contributed by atoms with Crippen molar-refractivity contribution in [2.45, 2.75) is 31.3 Å². The summed E-state index contributed by atoms with van der Waals surface area (Å²) < 4.78 is 57.3. The molecule has 1 heterocycles. The second-order valence-corrected chi connectivity index (χ2v) is 11.0. The van der Waals surface area contributed by atoms with Crippen LogP contribution in [0.25, 0.3) is 0 Å². The van der Waals surface area contributed by atoms with E-state index in [4.69, 9.17) is 14.2 Å². The lowest BCUT2D eigenvalue weighted by Gasteiger charge is -2.33. The van der Waals surface area contributed by atoms with Crippen LogP contribution >= 0.6 is 0 Å². The standard InChI is InChI=1S/C37H32F3N3O6/c1-47-29-19-17-25(18-20-29)22-43(35(45)33-34(44)30(21-41-42-33)48-24-26-11-5-2-6-12-26)23-31(49-36(46)37(38,39)40)32(27-13-7-3-8-14-27)28-15-9-4-10-16-28/h2-21,31-32H,22-24H2,1H3,(H,41,44)/t31-/m0/s1. The quantitative estimate of drug-likeness (QED) is 0.146. The van der Waals surface area contributed by atoms with Crippen LogP contribution in [0.2, 0.25) is 0 Å². The molecule has 0 bridgehead atoms. The van der Waals surface area contributed by atoms with Crippen molar-refractivity contribution < 1.29 is 37.0 Å². The van der Waals surface area contributed by atoms with Gasteiger partial charge in [-0.25, -0.2) is 4.79 Å². The number of amides is 1. The number of alkyl halides is 3. The summed E-state index contributed by atoms with van der Waals surface area (Å²) in [4.78, 5) is 41.3. The summed E-state index contributed by atoms with van der Waals surface area (Å²) in [6.07, 6.45) is -5.66. The highest BCUT2D eigenvalue weighted by Gasteiger charge is 2.44. The summed E-state index contributed by atoms with van der Waals surface area (Å²) in [5, 5.41) is 6.46. The maximum absolute atomic E-state index is 14.2. The Bertz CT molecular complexity index is 1850. The number of nitrogens with one attached hydrogen (secondary N) is 1. The number of ether oxygens (including phenoxy) is 3. The Labute approximate surface area is 279 Å². The molecule has 49 heavy (non-hydrogen) atoms. The molecule has 0 unspecified atom stereocenters. The summed E-state index contributed by atoms with van der Waals surface area (Å²) >= 11 is 0. The number of methoxy groups -OCH3 is 1. The number of aromatic nitrogens is 2. The molecule has 0 radical (unpaired) electrons. The minimum atomic E-state index is -5.32. The van der Waals surface area contributed by atoms with E-state index in [2.05, 4.69) is 10.2 Å². The first-order valence-corrected chi connectivity index (χ1v) is 15.2. The van der Waals surface area contributed by atoms with E-state index >= 15 is 0 Å². The van der Waals surface area contributed by atoms with Crippen LogP contribution in [0.5, 0.6) is 11.5 Å². The molecule has 1 atom stereocenters. The van der Waals surface area contributed by atoms with Gasteiger partial charge in [0.25, 0.3) is 11.3 Å². The summed E-state index contributed by atoms with van der Waals surface area (Å²) in [5.41, 5.74) is 1.02. The molecule has 1 N–H and O–H groups in total. The molecule has 0 aliphatic rings. The summed E-state index contributed by atoms with van der Waals surface area (Å²) in [5.74, 6) is -3.92. The van der Waals surface area contributed by atoms with Crippen molar-refractivity contribution in [2.24, 2.45) is 0 Å². The molecule has 0 saturated heterocycles. The highest BCUT2D eigenvalue weighted by molar-refractivity contribution is 5.92. The zero-order valence-electron chi connectivity index (χ0n) is 26.3. The molecule has 9 nitrogen and oxygen atoms in total. The number of carbonyl (C=O) groups is 2. The molecule has 5 rings (SSSR count). The van der Waals surface area contributed by atoms with E-state index in [0.29, 0.717) is 22.4 Å². The van der Waals surface area contributed by atoms with E-state index in [1.807, 2.05) is 18.2 Å². The van der Waals surface area contributed by atoms with Crippen molar-refractivity contribution in [3.8, 4) is 11.5 Å². The third-order valence-electron chi connectivity index (χ3n) is 7.65. The minimum absolute atomic E-state index is 0.0302. The van der Waals surface area contributed by atoms with Gasteiger partial charge >= 0.3 is 12.1 Å².